The first-order chi connectivity index (χ1) is 14.9. The zero-order valence-corrected chi connectivity index (χ0v) is 18.1. The van der Waals surface area contributed by atoms with E-state index in [0.717, 1.165) is 21.8 Å². The minimum absolute atomic E-state index is 0.223. The fourth-order valence-corrected chi connectivity index (χ4v) is 4.10. The number of aryl methyl sites for hydroxylation is 1. The lowest BCUT2D eigenvalue weighted by Crippen LogP contribution is -2.15. The van der Waals surface area contributed by atoms with E-state index in [2.05, 4.69) is 21.4 Å². The summed E-state index contributed by atoms with van der Waals surface area (Å²) in [6, 6.07) is 17.6. The van der Waals surface area contributed by atoms with Gasteiger partial charge in [-0.3, -0.25) is 9.27 Å². The maximum Gasteiger partial charge on any atom is 0.357 e. The monoisotopic (exact) mass is 455 g/mol. The van der Waals surface area contributed by atoms with Crippen molar-refractivity contribution in [1.29, 1.82) is 0 Å². The molecule has 1 unspecified atom stereocenters. The van der Waals surface area contributed by atoms with Crippen LogP contribution in [0.25, 0.3) is 11.3 Å². The van der Waals surface area contributed by atoms with Gasteiger partial charge in [-0.15, -0.1) is 11.3 Å². The third-order valence-electron chi connectivity index (χ3n) is 4.40. The number of rotatable bonds is 8. The lowest BCUT2D eigenvalue weighted by molar-refractivity contribution is 0.489. The molecule has 0 bridgehead atoms. The van der Waals surface area contributed by atoms with Crippen molar-refractivity contribution in [2.24, 2.45) is 0 Å². The summed E-state index contributed by atoms with van der Waals surface area (Å²) in [6.07, 6.45) is 2.18. The maximum absolute atomic E-state index is 11.0. The smallest absolute Gasteiger partial charge is 0.357 e. The van der Waals surface area contributed by atoms with Gasteiger partial charge in [0.15, 0.2) is 5.76 Å². The highest BCUT2D eigenvalue weighted by atomic mass is 32.2. The Morgan fingerprint density at radius 2 is 2.03 bits per heavy atom. The Kier molecular flexibility index (Phi) is 6.03. The summed E-state index contributed by atoms with van der Waals surface area (Å²) < 4.78 is 38.7. The van der Waals surface area contributed by atoms with E-state index in [1.54, 1.807) is 29.7 Å². The van der Waals surface area contributed by atoms with Gasteiger partial charge in [0.25, 0.3) is 6.01 Å². The van der Waals surface area contributed by atoms with E-state index in [1.807, 2.05) is 47.4 Å². The van der Waals surface area contributed by atoms with Crippen LogP contribution in [0.5, 0.6) is 0 Å². The Balaban J connectivity index is 1.54. The van der Waals surface area contributed by atoms with Crippen molar-refractivity contribution >= 4 is 33.3 Å². The molecule has 3 N–H and O–H groups in total. The Labute approximate surface area is 183 Å². The maximum atomic E-state index is 11.0. The molecule has 4 aromatic rings. The molecule has 8 nitrogen and oxygen atoms in total. The molecule has 2 aromatic carbocycles. The minimum atomic E-state index is -4.33. The first kappa shape index (κ1) is 21.0. The number of benzene rings is 2. The number of hydrogen-bond donors (Lipinski definition) is 3. The number of nitrogens with zero attached hydrogens (tertiary/aromatic N) is 2. The van der Waals surface area contributed by atoms with Crippen molar-refractivity contribution in [3.63, 3.8) is 0 Å². The van der Waals surface area contributed by atoms with Gasteiger partial charge in [-0.1, -0.05) is 36.4 Å². The van der Waals surface area contributed by atoms with Crippen LogP contribution in [0, 0.1) is 13.0 Å². The predicted octanol–water partition coefficient (Wildman–Crippen LogP) is 4.52. The van der Waals surface area contributed by atoms with E-state index in [9.17, 15) is 8.42 Å². The van der Waals surface area contributed by atoms with Gasteiger partial charge in [-0.2, -0.15) is 8.42 Å². The van der Waals surface area contributed by atoms with Gasteiger partial charge in [0.1, 0.15) is 0 Å². The van der Waals surface area contributed by atoms with Crippen LogP contribution in [-0.2, 0) is 16.7 Å². The Morgan fingerprint density at radius 3 is 2.68 bits per heavy atom. The topological polar surface area (TPSA) is 117 Å². The zero-order valence-electron chi connectivity index (χ0n) is 16.4. The van der Waals surface area contributed by atoms with Crippen LogP contribution >= 0.6 is 11.3 Å². The third kappa shape index (κ3) is 5.69. The lowest BCUT2D eigenvalue weighted by atomic mass is 10.0. The van der Waals surface area contributed by atoms with Crippen molar-refractivity contribution in [1.82, 2.24) is 9.97 Å². The Morgan fingerprint density at radius 1 is 1.23 bits per heavy atom. The Bertz CT molecular complexity index is 1250. The average Bonchev–Trinajstić information content (AvgIpc) is 3.38. The number of oxazole rings is 1. The quantitative estimate of drug-likeness (QED) is 0.334. The van der Waals surface area contributed by atoms with E-state index in [-0.39, 0.29) is 11.7 Å². The van der Waals surface area contributed by atoms with E-state index >= 15 is 0 Å². The van der Waals surface area contributed by atoms with Gasteiger partial charge in [0.2, 0.25) is 0 Å². The van der Waals surface area contributed by atoms with Crippen molar-refractivity contribution in [2.45, 2.75) is 19.4 Å². The molecule has 4 rings (SSSR count). The van der Waals surface area contributed by atoms with Crippen LogP contribution in [0.3, 0.4) is 0 Å². The van der Waals surface area contributed by atoms with E-state index in [0.29, 0.717) is 18.2 Å². The van der Waals surface area contributed by atoms with Crippen LogP contribution in [0.15, 0.2) is 64.5 Å². The second kappa shape index (κ2) is 8.88. The fourth-order valence-electron chi connectivity index (χ4n) is 3.01. The fraction of sp³-hybridized carbons (Fsp3) is 0.143. The molecule has 159 valence electrons. The van der Waals surface area contributed by atoms with Crippen LogP contribution in [0.4, 0.5) is 11.7 Å². The molecule has 10 heteroatoms. The first-order valence-corrected chi connectivity index (χ1v) is 11.6. The molecule has 1 radical (unpaired) electrons. The second-order valence-electron chi connectivity index (χ2n) is 6.77. The molecule has 0 saturated carbocycles. The van der Waals surface area contributed by atoms with Crippen molar-refractivity contribution < 1.29 is 17.4 Å². The summed E-state index contributed by atoms with van der Waals surface area (Å²) in [5.74, 6) is 0.656. The van der Waals surface area contributed by atoms with Crippen molar-refractivity contribution in [2.75, 3.05) is 10.0 Å². The lowest BCUT2D eigenvalue weighted by Gasteiger charge is -2.16. The van der Waals surface area contributed by atoms with Crippen LogP contribution in [-0.4, -0.2) is 22.9 Å². The summed E-state index contributed by atoms with van der Waals surface area (Å²) in [5, 5.41) is 6.21. The van der Waals surface area contributed by atoms with Crippen molar-refractivity contribution in [3.8, 4) is 11.3 Å². The molecular formula is C21H19N4O4S2. The summed E-state index contributed by atoms with van der Waals surface area (Å²) in [7, 11) is -4.33. The summed E-state index contributed by atoms with van der Waals surface area (Å²) in [5.41, 5.74) is 2.81. The molecule has 0 aliphatic rings. The highest BCUT2D eigenvalue weighted by Crippen LogP contribution is 2.28. The molecule has 2 heterocycles. The summed E-state index contributed by atoms with van der Waals surface area (Å²) in [6.45, 7) is 1.94. The standard InChI is InChI=1S/C21H19N4O4S2/c1-14-23-19(13-30-14)18(11-15-7-9-17(10-8-15)25-31(26,27)28)24-21-22-12-20(29-21)16-5-3-2-4-6-16/h2-7,9-10,12-13,18,25H,11H2,1H3,(H,22,24)(H,26,27,28). The predicted molar refractivity (Wildman–Crippen MR) is 119 cm³/mol. The SMILES string of the molecule is Cc1nc(C(Cc2[c]cc(NS(=O)(=O)O)cc2)Nc2ncc(-c3ccccc3)o2)cs1. The first-order valence-electron chi connectivity index (χ1n) is 9.31. The van der Waals surface area contributed by atoms with E-state index in [4.69, 9.17) is 8.97 Å². The van der Waals surface area contributed by atoms with Gasteiger partial charge in [0.05, 0.1) is 28.6 Å². The molecule has 0 spiro atoms. The average molecular weight is 456 g/mol. The molecular weight excluding hydrogens is 436 g/mol. The molecule has 0 amide bonds. The number of hydrogen-bond acceptors (Lipinski definition) is 7. The Hall–Kier alpha value is -3.21. The van der Waals surface area contributed by atoms with Gasteiger partial charge in [-0.05, 0) is 37.1 Å². The highest BCUT2D eigenvalue weighted by molar-refractivity contribution is 7.87. The molecule has 1 atom stereocenters. The van der Waals surface area contributed by atoms with Crippen molar-refractivity contribution in [3.05, 3.63) is 82.4 Å². The van der Waals surface area contributed by atoms with Gasteiger partial charge >= 0.3 is 10.3 Å². The number of thiazole rings is 1. The summed E-state index contributed by atoms with van der Waals surface area (Å²) in [4.78, 5) is 8.93. The molecule has 0 aliphatic carbocycles. The van der Waals surface area contributed by atoms with E-state index < -0.39 is 10.3 Å². The molecule has 0 saturated heterocycles. The zero-order chi connectivity index (χ0) is 21.8. The number of nitrogens with one attached hydrogen (secondary N) is 2. The van der Waals surface area contributed by atoms with Crippen LogP contribution in [0.2, 0.25) is 0 Å². The minimum Gasteiger partial charge on any atom is -0.424 e. The third-order valence-corrected chi connectivity index (χ3v) is 5.69. The second-order valence-corrected chi connectivity index (χ2v) is 8.98. The molecule has 0 fully saturated rings. The molecule has 2 aromatic heterocycles. The summed E-state index contributed by atoms with van der Waals surface area (Å²) >= 11 is 1.55. The van der Waals surface area contributed by atoms with Gasteiger partial charge < -0.3 is 9.73 Å². The van der Waals surface area contributed by atoms with E-state index in [1.165, 1.54) is 6.07 Å². The van der Waals surface area contributed by atoms with Gasteiger partial charge in [0, 0.05) is 10.9 Å². The largest absolute Gasteiger partial charge is 0.424 e. The highest BCUT2D eigenvalue weighted by Gasteiger charge is 2.18. The molecule has 0 aliphatic heterocycles. The molecule has 31 heavy (non-hydrogen) atoms. The normalized spacial score (nSPS) is 12.5. The van der Waals surface area contributed by atoms with Gasteiger partial charge in [-0.25, -0.2) is 9.97 Å². The number of aromatic nitrogens is 2. The van der Waals surface area contributed by atoms with Crippen LogP contribution < -0.4 is 10.0 Å². The number of anilines is 2. The van der Waals surface area contributed by atoms with Crippen LogP contribution in [0.1, 0.15) is 22.3 Å².